The number of nitro groups is 1. The molecule has 2 heterocycles. The topological polar surface area (TPSA) is 143 Å². The van der Waals surface area contributed by atoms with Crippen LogP contribution in [0.15, 0.2) is 24.0 Å². The summed E-state index contributed by atoms with van der Waals surface area (Å²) in [5.41, 5.74) is 6.30. The highest BCUT2D eigenvalue weighted by molar-refractivity contribution is 5.73. The van der Waals surface area contributed by atoms with E-state index in [1.807, 2.05) is 0 Å². The third kappa shape index (κ3) is 5.19. The van der Waals surface area contributed by atoms with Crippen molar-refractivity contribution >= 4 is 11.7 Å². The Morgan fingerprint density at radius 3 is 2.45 bits per heavy atom. The van der Waals surface area contributed by atoms with Gasteiger partial charge < -0.3 is 20.3 Å². The number of aliphatic carboxylic acids is 1. The van der Waals surface area contributed by atoms with Crippen LogP contribution in [0.25, 0.3) is 0 Å². The number of nitrogens with two attached hydrogens (primary N) is 1. The smallest absolute Gasteiger partial charge is 0.307 e. The van der Waals surface area contributed by atoms with Gasteiger partial charge >= 0.3 is 11.7 Å². The number of rotatable bonds is 8. The molecule has 1 aromatic rings. The SMILES string of the molecule is CC(C)[C@@H](C)[C@@]1(C)CC[C@]2(C)[C@H]3CC[C@H]4C5(C)COC[C@@]4(C[C@@H](n4cc([N+](=O)[O-])cn4)[C@@H]5OC[C@H](N)C(C)(C)C)C3=CC[C@@]2(C)[C@@H]1C(=O)O. The van der Waals surface area contributed by atoms with Crippen LogP contribution in [-0.2, 0) is 14.3 Å². The molecule has 6 rings (SSSR count). The number of carbonyl (C=O) groups is 1. The van der Waals surface area contributed by atoms with Gasteiger partial charge in [-0.15, -0.1) is 0 Å². The van der Waals surface area contributed by atoms with E-state index >= 15 is 0 Å². The van der Waals surface area contributed by atoms with E-state index in [2.05, 4.69) is 80.4 Å². The van der Waals surface area contributed by atoms with E-state index in [0.29, 0.717) is 32.2 Å². The van der Waals surface area contributed by atoms with Crippen LogP contribution in [0.3, 0.4) is 0 Å². The van der Waals surface area contributed by atoms with Crippen molar-refractivity contribution in [1.29, 1.82) is 0 Å². The predicted molar refractivity (Wildman–Crippen MR) is 189 cm³/mol. The highest BCUT2D eigenvalue weighted by Gasteiger charge is 2.72. The number of hydrogen-bond acceptors (Lipinski definition) is 7. The molecule has 0 spiro atoms. The summed E-state index contributed by atoms with van der Waals surface area (Å²) in [6.07, 6.45) is 10.4. The highest BCUT2D eigenvalue weighted by atomic mass is 16.6. The second-order valence-electron chi connectivity index (χ2n) is 19.3. The first-order chi connectivity index (χ1) is 22.7. The van der Waals surface area contributed by atoms with Crippen LogP contribution in [0, 0.1) is 72.2 Å². The van der Waals surface area contributed by atoms with Crippen LogP contribution in [0.4, 0.5) is 5.69 Å². The molecule has 1 aliphatic heterocycles. The zero-order valence-corrected chi connectivity index (χ0v) is 31.6. The zero-order valence-electron chi connectivity index (χ0n) is 31.6. The number of fused-ring (bicyclic) bond motifs is 3. The van der Waals surface area contributed by atoms with E-state index < -0.39 is 17.3 Å². The first kappa shape index (κ1) is 36.5. The van der Waals surface area contributed by atoms with Gasteiger partial charge in [0.2, 0.25) is 0 Å². The summed E-state index contributed by atoms with van der Waals surface area (Å²) in [5.74, 6) is 0.0762. The summed E-state index contributed by atoms with van der Waals surface area (Å²) >= 11 is 0. The van der Waals surface area contributed by atoms with Crippen LogP contribution >= 0.6 is 0 Å². The molecule has 5 aliphatic rings. The lowest BCUT2D eigenvalue weighted by atomic mass is 9.34. The van der Waals surface area contributed by atoms with Gasteiger partial charge in [-0.05, 0) is 83.9 Å². The molecule has 274 valence electrons. The molecule has 4 fully saturated rings. The average molecular weight is 683 g/mol. The lowest BCUT2D eigenvalue weighted by Crippen LogP contribution is -2.69. The first-order valence-corrected chi connectivity index (χ1v) is 18.7. The minimum Gasteiger partial charge on any atom is -0.481 e. The van der Waals surface area contributed by atoms with E-state index in [9.17, 15) is 20.0 Å². The van der Waals surface area contributed by atoms with E-state index in [1.54, 1.807) is 10.9 Å². The standard InChI is InChI=1S/C39H62N4O6/c1-23(2)24(3)35(7)15-16-37(9)26-11-12-29-36(8)21-48-22-39(29,27(26)13-14-38(37,10)31(35)33(44)45)17-28(42-19-25(18-41-42)43(46)47)32(36)49-20-30(40)34(4,5)6/h13,18-19,23-24,26,28-32H,11-12,14-17,20-22,40H2,1-10H3,(H,44,45)/t24-,26+,28-,29+,30+,31-,32+,35-,36?,37-,38+,39+/m1/s1. The van der Waals surface area contributed by atoms with Crippen molar-refractivity contribution in [2.45, 2.75) is 126 Å². The van der Waals surface area contributed by atoms with Crippen LogP contribution in [0.1, 0.15) is 114 Å². The molecule has 1 saturated heterocycles. The number of carboxylic acid groups (broad SMARTS) is 1. The maximum Gasteiger partial charge on any atom is 0.307 e. The molecule has 0 aromatic carbocycles. The molecule has 12 atom stereocenters. The summed E-state index contributed by atoms with van der Waals surface area (Å²) in [6.45, 7) is 23.8. The summed E-state index contributed by atoms with van der Waals surface area (Å²) in [6, 6.07) is -0.438. The minimum absolute atomic E-state index is 0.0291. The molecule has 1 unspecified atom stereocenters. The number of allylic oxidation sites excluding steroid dienone is 1. The summed E-state index contributed by atoms with van der Waals surface area (Å²) in [5, 5.41) is 27.4. The van der Waals surface area contributed by atoms with Crippen molar-refractivity contribution in [3.05, 3.63) is 34.2 Å². The fraction of sp³-hybridized carbons (Fsp3) is 0.846. The van der Waals surface area contributed by atoms with E-state index in [0.717, 1.165) is 32.1 Å². The maximum atomic E-state index is 13.4. The van der Waals surface area contributed by atoms with Gasteiger partial charge in [0.15, 0.2) is 0 Å². The Hall–Kier alpha value is -2.30. The Labute approximate surface area is 293 Å². The molecule has 0 radical (unpaired) electrons. The lowest BCUT2D eigenvalue weighted by Gasteiger charge is -2.71. The summed E-state index contributed by atoms with van der Waals surface area (Å²) < 4.78 is 15.3. The molecule has 4 aliphatic carbocycles. The number of carboxylic acids is 1. The van der Waals surface area contributed by atoms with Gasteiger partial charge in [0.25, 0.3) is 0 Å². The number of nitrogens with zero attached hydrogens (tertiary/aromatic N) is 3. The fourth-order valence-electron chi connectivity index (χ4n) is 12.2. The van der Waals surface area contributed by atoms with Crippen molar-refractivity contribution < 1.29 is 24.3 Å². The minimum atomic E-state index is -0.660. The summed E-state index contributed by atoms with van der Waals surface area (Å²) in [7, 11) is 0. The van der Waals surface area contributed by atoms with Gasteiger partial charge in [0.1, 0.15) is 12.4 Å². The van der Waals surface area contributed by atoms with Gasteiger partial charge in [-0.1, -0.05) is 80.9 Å². The quantitative estimate of drug-likeness (QED) is 0.162. The Bertz CT molecular complexity index is 1500. The van der Waals surface area contributed by atoms with E-state index in [4.69, 9.17) is 15.2 Å². The van der Waals surface area contributed by atoms with Gasteiger partial charge in [-0.25, -0.2) is 0 Å². The van der Waals surface area contributed by atoms with Crippen molar-refractivity contribution in [3.63, 3.8) is 0 Å². The monoisotopic (exact) mass is 682 g/mol. The number of ether oxygens (including phenoxy) is 2. The molecule has 1 aromatic heterocycles. The van der Waals surface area contributed by atoms with Crippen LogP contribution in [-0.4, -0.2) is 57.7 Å². The average Bonchev–Trinajstić information content (AvgIpc) is 3.50. The van der Waals surface area contributed by atoms with Gasteiger partial charge in [-0.2, -0.15) is 5.10 Å². The van der Waals surface area contributed by atoms with E-state index in [-0.39, 0.29) is 73.6 Å². The maximum absolute atomic E-state index is 13.4. The lowest BCUT2D eigenvalue weighted by molar-refractivity contribution is -0.385. The molecule has 49 heavy (non-hydrogen) atoms. The fourth-order valence-corrected chi connectivity index (χ4v) is 12.2. The van der Waals surface area contributed by atoms with Gasteiger partial charge in [0, 0.05) is 16.9 Å². The van der Waals surface area contributed by atoms with Crippen LogP contribution in [0.2, 0.25) is 0 Å². The molecule has 10 nitrogen and oxygen atoms in total. The zero-order chi connectivity index (χ0) is 36.1. The third-order valence-electron chi connectivity index (χ3n) is 15.8. The normalized spacial score (nSPS) is 43.1. The van der Waals surface area contributed by atoms with Crippen LogP contribution < -0.4 is 5.73 Å². The molecule has 3 saturated carbocycles. The number of hydrogen-bond donors (Lipinski definition) is 2. The molecular weight excluding hydrogens is 620 g/mol. The molecule has 10 heteroatoms. The van der Waals surface area contributed by atoms with Gasteiger partial charge in [-0.3, -0.25) is 19.6 Å². The Balaban J connectivity index is 1.45. The number of aromatic nitrogens is 2. The Morgan fingerprint density at radius 1 is 1.16 bits per heavy atom. The Morgan fingerprint density at radius 2 is 1.86 bits per heavy atom. The largest absolute Gasteiger partial charge is 0.481 e. The van der Waals surface area contributed by atoms with E-state index in [1.165, 1.54) is 11.8 Å². The van der Waals surface area contributed by atoms with Gasteiger partial charge in [0.05, 0.1) is 42.8 Å². The molecule has 0 amide bonds. The van der Waals surface area contributed by atoms with Crippen molar-refractivity contribution in [3.8, 4) is 0 Å². The van der Waals surface area contributed by atoms with Crippen molar-refractivity contribution in [2.75, 3.05) is 19.8 Å². The second-order valence-corrected chi connectivity index (χ2v) is 19.3. The molecule has 3 N–H and O–H groups in total. The Kier molecular flexibility index (Phi) is 8.84. The van der Waals surface area contributed by atoms with Crippen LogP contribution in [0.5, 0.6) is 0 Å². The van der Waals surface area contributed by atoms with Crippen molar-refractivity contribution in [1.82, 2.24) is 9.78 Å². The first-order valence-electron chi connectivity index (χ1n) is 18.7. The predicted octanol–water partition coefficient (Wildman–Crippen LogP) is 7.68. The molecule has 2 bridgehead atoms. The highest BCUT2D eigenvalue weighted by Crippen LogP contribution is 2.75. The van der Waals surface area contributed by atoms with Crippen molar-refractivity contribution in [2.24, 2.45) is 67.8 Å². The molecular formula is C39H62N4O6. The second kappa shape index (κ2) is 11.9. The third-order valence-corrected chi connectivity index (χ3v) is 15.8. The summed E-state index contributed by atoms with van der Waals surface area (Å²) in [4.78, 5) is 24.9.